The van der Waals surface area contributed by atoms with Gasteiger partial charge in [0.15, 0.2) is 0 Å². The third-order valence-corrected chi connectivity index (χ3v) is 11.6. The molecule has 0 aliphatic heterocycles. The lowest BCUT2D eigenvalue weighted by Gasteiger charge is -2.28. The number of allylic oxidation sites excluding steroid dienone is 8. The van der Waals surface area contributed by atoms with Gasteiger partial charge >= 0.3 is 0 Å². The number of furan rings is 1. The van der Waals surface area contributed by atoms with E-state index in [1.807, 2.05) is 0 Å². The number of hydrogen-bond donors (Lipinski definition) is 0. The molecule has 0 saturated carbocycles. The molecule has 8 aromatic carbocycles. The largest absolute Gasteiger partial charge is 0.455 e. The van der Waals surface area contributed by atoms with Crippen molar-refractivity contribution < 1.29 is 4.42 Å². The highest BCUT2D eigenvalue weighted by Crippen LogP contribution is 2.46. The smallest absolute Gasteiger partial charge is 0.143 e. The van der Waals surface area contributed by atoms with E-state index in [0.717, 1.165) is 61.9 Å². The zero-order valence-electron chi connectivity index (χ0n) is 30.8. The van der Waals surface area contributed by atoms with Crippen molar-refractivity contribution in [1.82, 2.24) is 0 Å². The van der Waals surface area contributed by atoms with Crippen molar-refractivity contribution in [3.63, 3.8) is 0 Å². The van der Waals surface area contributed by atoms with E-state index in [1.165, 1.54) is 44.0 Å². The number of nitrogens with zero attached hydrogens (tertiary/aromatic N) is 1. The van der Waals surface area contributed by atoms with Gasteiger partial charge in [0.2, 0.25) is 0 Å². The summed E-state index contributed by atoms with van der Waals surface area (Å²) in [6, 6.07) is 61.5. The molecule has 2 aliphatic carbocycles. The summed E-state index contributed by atoms with van der Waals surface area (Å²) in [5.41, 5.74) is 13.7. The van der Waals surface area contributed by atoms with Gasteiger partial charge in [-0.15, -0.1) is 0 Å². The Bertz CT molecular complexity index is 3090. The van der Waals surface area contributed by atoms with Crippen LogP contribution in [-0.4, -0.2) is 0 Å². The monoisotopic (exact) mass is 715 g/mol. The topological polar surface area (TPSA) is 16.4 Å². The summed E-state index contributed by atoms with van der Waals surface area (Å²) in [7, 11) is 0. The fourth-order valence-corrected chi connectivity index (χ4v) is 8.83. The van der Waals surface area contributed by atoms with Crippen molar-refractivity contribution in [2.24, 2.45) is 5.92 Å². The van der Waals surface area contributed by atoms with Crippen molar-refractivity contribution in [2.75, 3.05) is 4.90 Å². The quantitative estimate of drug-likeness (QED) is 0.170. The second kappa shape index (κ2) is 13.3. The predicted octanol–water partition coefficient (Wildman–Crippen LogP) is 15.2. The molecule has 0 radical (unpaired) electrons. The van der Waals surface area contributed by atoms with Crippen LogP contribution in [0.15, 0.2) is 216 Å². The van der Waals surface area contributed by atoms with Gasteiger partial charge in [-0.2, -0.15) is 0 Å². The SMILES string of the molecule is C1=CC2=CC=C(c3ccc(N(c4ccc(-c5cccc6ccccc56)cc4)c4ccccc4-c4cccc5c4oc4c6ccccc6ccc54)cc3)CC2C=C1. The first-order valence-electron chi connectivity index (χ1n) is 19.4. The van der Waals surface area contributed by atoms with Crippen LogP contribution in [0.2, 0.25) is 0 Å². The van der Waals surface area contributed by atoms with Crippen LogP contribution in [-0.2, 0) is 0 Å². The van der Waals surface area contributed by atoms with Gasteiger partial charge in [-0.05, 0) is 86.8 Å². The minimum atomic E-state index is 0.433. The molecule has 264 valence electrons. The van der Waals surface area contributed by atoms with E-state index < -0.39 is 0 Å². The van der Waals surface area contributed by atoms with Crippen molar-refractivity contribution >= 4 is 66.1 Å². The summed E-state index contributed by atoms with van der Waals surface area (Å²) in [6.07, 6.45) is 14.4. The van der Waals surface area contributed by atoms with E-state index in [0.29, 0.717) is 5.92 Å². The Kier molecular flexibility index (Phi) is 7.67. The summed E-state index contributed by atoms with van der Waals surface area (Å²) >= 11 is 0. The summed E-state index contributed by atoms with van der Waals surface area (Å²) in [6.45, 7) is 0. The molecular formula is C54H37NO. The number of fused-ring (bicyclic) bond motifs is 7. The van der Waals surface area contributed by atoms with Crippen LogP contribution in [0.4, 0.5) is 17.1 Å². The van der Waals surface area contributed by atoms with Crippen LogP contribution in [0.5, 0.6) is 0 Å². The first kappa shape index (κ1) is 32.3. The number of anilines is 3. The second-order valence-electron chi connectivity index (χ2n) is 14.8. The van der Waals surface area contributed by atoms with Gasteiger partial charge in [-0.1, -0.05) is 170 Å². The summed E-state index contributed by atoms with van der Waals surface area (Å²) in [5, 5.41) is 7.06. The van der Waals surface area contributed by atoms with Gasteiger partial charge in [0.05, 0.1) is 5.69 Å². The number of para-hydroxylation sites is 2. The second-order valence-corrected chi connectivity index (χ2v) is 14.8. The molecule has 0 saturated heterocycles. The van der Waals surface area contributed by atoms with Crippen molar-refractivity contribution in [2.45, 2.75) is 6.42 Å². The predicted molar refractivity (Wildman–Crippen MR) is 237 cm³/mol. The molecule has 2 aliphatic rings. The molecule has 0 amide bonds. The van der Waals surface area contributed by atoms with Gasteiger partial charge < -0.3 is 9.32 Å². The molecule has 0 fully saturated rings. The maximum Gasteiger partial charge on any atom is 0.143 e. The van der Waals surface area contributed by atoms with E-state index in [-0.39, 0.29) is 0 Å². The van der Waals surface area contributed by atoms with Crippen LogP contribution in [0, 0.1) is 5.92 Å². The van der Waals surface area contributed by atoms with Gasteiger partial charge in [-0.3, -0.25) is 0 Å². The van der Waals surface area contributed by atoms with Crippen LogP contribution in [0.1, 0.15) is 12.0 Å². The zero-order chi connectivity index (χ0) is 37.0. The highest BCUT2D eigenvalue weighted by Gasteiger charge is 2.22. The maximum absolute atomic E-state index is 6.88. The minimum Gasteiger partial charge on any atom is -0.455 e. The van der Waals surface area contributed by atoms with Crippen LogP contribution >= 0.6 is 0 Å². The molecular weight excluding hydrogens is 679 g/mol. The van der Waals surface area contributed by atoms with E-state index in [9.17, 15) is 0 Å². The molecule has 1 unspecified atom stereocenters. The Morgan fingerprint density at radius 2 is 1.07 bits per heavy atom. The molecule has 11 rings (SSSR count). The molecule has 56 heavy (non-hydrogen) atoms. The average Bonchev–Trinajstić information content (AvgIpc) is 3.67. The molecule has 1 heterocycles. The van der Waals surface area contributed by atoms with Crippen LogP contribution in [0.3, 0.4) is 0 Å². The molecule has 0 N–H and O–H groups in total. The molecule has 2 nitrogen and oxygen atoms in total. The van der Waals surface area contributed by atoms with Crippen molar-refractivity contribution in [3.8, 4) is 22.3 Å². The van der Waals surface area contributed by atoms with Gasteiger partial charge in [0.1, 0.15) is 11.2 Å². The average molecular weight is 716 g/mol. The van der Waals surface area contributed by atoms with Crippen molar-refractivity contribution in [1.29, 1.82) is 0 Å². The molecule has 0 spiro atoms. The lowest BCUT2D eigenvalue weighted by molar-refractivity contribution is 0.674. The minimum absolute atomic E-state index is 0.433. The Morgan fingerprint density at radius 3 is 1.91 bits per heavy atom. The van der Waals surface area contributed by atoms with E-state index >= 15 is 0 Å². The Labute approximate surface area is 326 Å². The molecule has 1 aromatic heterocycles. The number of rotatable bonds is 6. The number of benzene rings is 8. The lowest BCUT2D eigenvalue weighted by atomic mass is 9.82. The summed E-state index contributed by atoms with van der Waals surface area (Å²) in [5.74, 6) is 0.433. The molecule has 0 bridgehead atoms. The molecule has 1 atom stereocenters. The van der Waals surface area contributed by atoms with Crippen molar-refractivity contribution in [3.05, 3.63) is 217 Å². The standard InChI is InChI=1S/C54H37NO/c1-2-14-41-35-42(24-23-36(41)11-1)37-25-30-43(31-26-37)55(44-32-27-40(28-33-44)46-19-9-15-38-12-3-5-16-45(38)46)52-22-8-7-18-48(52)49-20-10-21-50-51-34-29-39-13-4-6-17-47(39)53(51)56-54(49)50/h1-34,41H,35H2. The Hall–Kier alpha value is -7.16. The molecule has 2 heteroatoms. The Morgan fingerprint density at radius 1 is 0.446 bits per heavy atom. The summed E-state index contributed by atoms with van der Waals surface area (Å²) in [4.78, 5) is 2.39. The fourth-order valence-electron chi connectivity index (χ4n) is 8.83. The number of hydrogen-bond acceptors (Lipinski definition) is 2. The fraction of sp³-hybridized carbons (Fsp3) is 0.0370. The highest BCUT2D eigenvalue weighted by molar-refractivity contribution is 6.17. The first-order valence-corrected chi connectivity index (χ1v) is 19.4. The first-order chi connectivity index (χ1) is 27.8. The summed E-state index contributed by atoms with van der Waals surface area (Å²) < 4.78 is 6.88. The van der Waals surface area contributed by atoms with Crippen LogP contribution < -0.4 is 4.90 Å². The third-order valence-electron chi connectivity index (χ3n) is 11.6. The zero-order valence-corrected chi connectivity index (χ0v) is 30.8. The van der Waals surface area contributed by atoms with E-state index in [1.54, 1.807) is 0 Å². The highest BCUT2D eigenvalue weighted by atomic mass is 16.3. The van der Waals surface area contributed by atoms with Gasteiger partial charge in [-0.25, -0.2) is 0 Å². The third kappa shape index (κ3) is 5.41. The van der Waals surface area contributed by atoms with Gasteiger partial charge in [0.25, 0.3) is 0 Å². The van der Waals surface area contributed by atoms with Crippen LogP contribution in [0.25, 0.3) is 71.3 Å². The van der Waals surface area contributed by atoms with Gasteiger partial charge in [0, 0.05) is 44.6 Å². The van der Waals surface area contributed by atoms with E-state index in [2.05, 4.69) is 211 Å². The maximum atomic E-state index is 6.88. The Balaban J connectivity index is 1.06. The van der Waals surface area contributed by atoms with E-state index in [4.69, 9.17) is 4.42 Å². The normalized spacial score (nSPS) is 15.0. The molecule has 9 aromatic rings. The lowest BCUT2D eigenvalue weighted by Crippen LogP contribution is -2.11.